The van der Waals surface area contributed by atoms with Crippen LogP contribution in [0.15, 0.2) is 36.8 Å². The maximum Gasteiger partial charge on any atom is 0.270 e. The lowest BCUT2D eigenvalue weighted by molar-refractivity contribution is 0.0945. The second kappa shape index (κ2) is 6.30. The first-order valence-electron chi connectivity index (χ1n) is 7.08. The molecule has 3 rings (SSSR count). The van der Waals surface area contributed by atoms with Crippen molar-refractivity contribution in [1.29, 1.82) is 0 Å². The van der Waals surface area contributed by atoms with Gasteiger partial charge in [-0.25, -0.2) is 9.97 Å². The van der Waals surface area contributed by atoms with Gasteiger partial charge in [0.2, 0.25) is 0 Å². The van der Waals surface area contributed by atoms with Crippen molar-refractivity contribution < 1.29 is 4.79 Å². The van der Waals surface area contributed by atoms with Crippen LogP contribution >= 0.6 is 0 Å². The van der Waals surface area contributed by atoms with E-state index in [1.165, 1.54) is 19.2 Å². The normalized spacial score (nSPS) is 14.2. The Morgan fingerprint density at radius 2 is 2.05 bits per heavy atom. The lowest BCUT2D eigenvalue weighted by Crippen LogP contribution is -2.25. The molecule has 0 unspecified atom stereocenters. The summed E-state index contributed by atoms with van der Waals surface area (Å²) in [4.78, 5) is 26.8. The fraction of sp³-hybridized carbons (Fsp3) is 0.333. The van der Waals surface area contributed by atoms with E-state index in [1.54, 1.807) is 12.3 Å². The number of pyridine rings is 1. The zero-order chi connectivity index (χ0) is 14.5. The van der Waals surface area contributed by atoms with E-state index < -0.39 is 0 Å². The number of nitrogens with one attached hydrogen (secondary N) is 1. The molecule has 6 nitrogen and oxygen atoms in total. The van der Waals surface area contributed by atoms with Crippen LogP contribution in [0.4, 0.5) is 5.82 Å². The molecule has 108 valence electrons. The lowest BCUT2D eigenvalue weighted by atomic mass is 10.3. The predicted octanol–water partition coefficient (Wildman–Crippen LogP) is 1.40. The van der Waals surface area contributed by atoms with Crippen LogP contribution in [-0.4, -0.2) is 33.9 Å². The zero-order valence-corrected chi connectivity index (χ0v) is 11.7. The van der Waals surface area contributed by atoms with Crippen LogP contribution in [0.3, 0.4) is 0 Å². The number of rotatable bonds is 4. The summed E-state index contributed by atoms with van der Waals surface area (Å²) < 4.78 is 0. The third-order valence-corrected chi connectivity index (χ3v) is 3.47. The van der Waals surface area contributed by atoms with Gasteiger partial charge in [-0.3, -0.25) is 9.78 Å². The van der Waals surface area contributed by atoms with Crippen molar-refractivity contribution >= 4 is 11.7 Å². The first kappa shape index (κ1) is 13.5. The quantitative estimate of drug-likeness (QED) is 0.918. The number of hydrogen-bond acceptors (Lipinski definition) is 5. The molecule has 0 saturated carbocycles. The summed E-state index contributed by atoms with van der Waals surface area (Å²) in [6.45, 7) is 2.38. The van der Waals surface area contributed by atoms with Gasteiger partial charge in [0, 0.05) is 25.4 Å². The molecule has 3 heterocycles. The molecule has 1 N–H and O–H groups in total. The summed E-state index contributed by atoms with van der Waals surface area (Å²) in [7, 11) is 0. The Labute approximate surface area is 123 Å². The highest BCUT2D eigenvalue weighted by Crippen LogP contribution is 2.17. The Bertz CT molecular complexity index is 610. The highest BCUT2D eigenvalue weighted by molar-refractivity contribution is 5.92. The molecule has 0 radical (unpaired) electrons. The van der Waals surface area contributed by atoms with Crippen molar-refractivity contribution in [2.75, 3.05) is 18.0 Å². The van der Waals surface area contributed by atoms with Crippen molar-refractivity contribution in [1.82, 2.24) is 20.3 Å². The van der Waals surface area contributed by atoms with Crippen LogP contribution in [0.5, 0.6) is 0 Å². The standard InChI is InChI=1S/C15H17N5O/c21-15(17-10-12-5-1-2-6-16-12)13-9-14(19-11-18-13)20-7-3-4-8-20/h1-2,5-6,9,11H,3-4,7-8,10H2,(H,17,21). The summed E-state index contributed by atoms with van der Waals surface area (Å²) in [6.07, 6.45) is 5.50. The van der Waals surface area contributed by atoms with Crippen LogP contribution in [-0.2, 0) is 6.54 Å². The minimum atomic E-state index is -0.205. The molecule has 2 aromatic heterocycles. The molecular weight excluding hydrogens is 266 g/mol. The van der Waals surface area contributed by atoms with Gasteiger partial charge in [-0.1, -0.05) is 6.07 Å². The van der Waals surface area contributed by atoms with E-state index in [0.717, 1.165) is 24.6 Å². The molecule has 0 atom stereocenters. The molecule has 0 aliphatic carbocycles. The van der Waals surface area contributed by atoms with Gasteiger partial charge in [0.25, 0.3) is 5.91 Å². The van der Waals surface area contributed by atoms with Gasteiger partial charge in [0.15, 0.2) is 0 Å². The van der Waals surface area contributed by atoms with Gasteiger partial charge in [0.1, 0.15) is 17.8 Å². The third-order valence-electron chi connectivity index (χ3n) is 3.47. The zero-order valence-electron chi connectivity index (χ0n) is 11.7. The number of carbonyl (C=O) groups is 1. The number of aromatic nitrogens is 3. The molecule has 6 heteroatoms. The fourth-order valence-electron chi connectivity index (χ4n) is 2.35. The van der Waals surface area contributed by atoms with Gasteiger partial charge in [-0.05, 0) is 25.0 Å². The van der Waals surface area contributed by atoms with Gasteiger partial charge in [-0.2, -0.15) is 0 Å². The maximum atomic E-state index is 12.1. The van der Waals surface area contributed by atoms with Gasteiger partial charge in [-0.15, -0.1) is 0 Å². The minimum Gasteiger partial charge on any atom is -0.357 e. The van der Waals surface area contributed by atoms with Crippen molar-refractivity contribution in [3.05, 3.63) is 48.2 Å². The van der Waals surface area contributed by atoms with Crippen LogP contribution in [0.25, 0.3) is 0 Å². The molecule has 1 saturated heterocycles. The van der Waals surface area contributed by atoms with Gasteiger partial charge < -0.3 is 10.2 Å². The predicted molar refractivity (Wildman–Crippen MR) is 78.9 cm³/mol. The monoisotopic (exact) mass is 283 g/mol. The lowest BCUT2D eigenvalue weighted by Gasteiger charge is -2.16. The summed E-state index contributed by atoms with van der Waals surface area (Å²) in [5.41, 5.74) is 1.21. The second-order valence-electron chi connectivity index (χ2n) is 4.96. The number of hydrogen-bond donors (Lipinski definition) is 1. The molecule has 21 heavy (non-hydrogen) atoms. The molecule has 0 bridgehead atoms. The topological polar surface area (TPSA) is 71.0 Å². The van der Waals surface area contributed by atoms with Crippen molar-refractivity contribution in [2.24, 2.45) is 0 Å². The van der Waals surface area contributed by atoms with E-state index in [1.807, 2.05) is 18.2 Å². The van der Waals surface area contributed by atoms with E-state index in [0.29, 0.717) is 12.2 Å². The third kappa shape index (κ3) is 3.34. The molecule has 0 aromatic carbocycles. The Morgan fingerprint density at radius 1 is 1.19 bits per heavy atom. The van der Waals surface area contributed by atoms with E-state index in [-0.39, 0.29) is 5.91 Å². The molecule has 1 fully saturated rings. The molecule has 1 amide bonds. The maximum absolute atomic E-state index is 12.1. The fourth-order valence-corrected chi connectivity index (χ4v) is 2.35. The van der Waals surface area contributed by atoms with E-state index in [4.69, 9.17) is 0 Å². The van der Waals surface area contributed by atoms with Crippen molar-refractivity contribution in [3.8, 4) is 0 Å². The second-order valence-corrected chi connectivity index (χ2v) is 4.96. The first-order valence-corrected chi connectivity index (χ1v) is 7.08. The Kier molecular flexibility index (Phi) is 4.04. The van der Waals surface area contributed by atoms with Crippen molar-refractivity contribution in [3.63, 3.8) is 0 Å². The number of carbonyl (C=O) groups excluding carboxylic acids is 1. The summed E-state index contributed by atoms with van der Waals surface area (Å²) in [5, 5.41) is 2.82. The smallest absolute Gasteiger partial charge is 0.270 e. The van der Waals surface area contributed by atoms with E-state index >= 15 is 0 Å². The van der Waals surface area contributed by atoms with Crippen LogP contribution < -0.4 is 10.2 Å². The van der Waals surface area contributed by atoms with E-state index in [2.05, 4.69) is 25.2 Å². The van der Waals surface area contributed by atoms with Crippen LogP contribution in [0.2, 0.25) is 0 Å². The summed E-state index contributed by atoms with van der Waals surface area (Å²) in [6, 6.07) is 7.36. The van der Waals surface area contributed by atoms with Gasteiger partial charge >= 0.3 is 0 Å². The first-order chi connectivity index (χ1) is 10.3. The number of anilines is 1. The summed E-state index contributed by atoms with van der Waals surface area (Å²) in [5.74, 6) is 0.619. The molecule has 1 aliphatic rings. The number of amides is 1. The Balaban J connectivity index is 1.65. The minimum absolute atomic E-state index is 0.205. The molecule has 2 aromatic rings. The van der Waals surface area contributed by atoms with Gasteiger partial charge in [0.05, 0.1) is 12.2 Å². The SMILES string of the molecule is O=C(NCc1ccccn1)c1cc(N2CCCC2)ncn1. The summed E-state index contributed by atoms with van der Waals surface area (Å²) >= 11 is 0. The Morgan fingerprint density at radius 3 is 2.81 bits per heavy atom. The molecular formula is C15H17N5O. The average Bonchev–Trinajstić information content (AvgIpc) is 3.08. The van der Waals surface area contributed by atoms with Crippen molar-refractivity contribution in [2.45, 2.75) is 19.4 Å². The Hall–Kier alpha value is -2.50. The molecule has 1 aliphatic heterocycles. The largest absolute Gasteiger partial charge is 0.357 e. The highest BCUT2D eigenvalue weighted by atomic mass is 16.1. The van der Waals surface area contributed by atoms with Crippen LogP contribution in [0.1, 0.15) is 29.0 Å². The van der Waals surface area contributed by atoms with Crippen LogP contribution in [0, 0.1) is 0 Å². The average molecular weight is 283 g/mol. The number of nitrogens with zero attached hydrogens (tertiary/aromatic N) is 4. The van der Waals surface area contributed by atoms with E-state index in [9.17, 15) is 4.79 Å². The molecule has 0 spiro atoms. The highest BCUT2D eigenvalue weighted by Gasteiger charge is 2.16.